The number of hydrogen-bond donors (Lipinski definition) is 1. The molecule has 1 rings (SSSR count). The molecule has 2 nitrogen and oxygen atoms in total. The van der Waals surface area contributed by atoms with E-state index in [0.29, 0.717) is 6.04 Å². The third-order valence-electron chi connectivity index (χ3n) is 3.01. The molecular weight excluding hydrogens is 234 g/mol. The molecule has 0 bridgehead atoms. The molecule has 1 aromatic carbocycles. The van der Waals surface area contributed by atoms with Crippen LogP contribution in [0.25, 0.3) is 0 Å². The minimum absolute atomic E-state index is 0.496. The summed E-state index contributed by atoms with van der Waals surface area (Å²) in [6, 6.07) is 8.69. The molecule has 0 aliphatic rings. The monoisotopic (exact) mass is 259 g/mol. The third-order valence-corrected chi connectivity index (χ3v) is 3.01. The smallest absolute Gasteiger partial charge is 0.119 e. The van der Waals surface area contributed by atoms with Gasteiger partial charge in [0.1, 0.15) is 5.75 Å². The van der Waals surface area contributed by atoms with Crippen molar-refractivity contribution >= 4 is 0 Å². The van der Waals surface area contributed by atoms with Crippen LogP contribution in [0.1, 0.15) is 38.7 Å². The van der Waals surface area contributed by atoms with Crippen molar-refractivity contribution in [2.45, 2.75) is 46.1 Å². The van der Waals surface area contributed by atoms with Crippen molar-refractivity contribution in [2.24, 2.45) is 0 Å². The zero-order valence-electron chi connectivity index (χ0n) is 12.3. The second kappa shape index (κ2) is 9.47. The summed E-state index contributed by atoms with van der Waals surface area (Å²) in [5.74, 6) is 7.03. The highest BCUT2D eigenvalue weighted by molar-refractivity contribution is 5.27. The van der Waals surface area contributed by atoms with Crippen molar-refractivity contribution in [3.63, 3.8) is 0 Å². The Hall–Kier alpha value is -1.46. The number of aryl methyl sites for hydroxylation is 1. The molecule has 0 aliphatic carbocycles. The van der Waals surface area contributed by atoms with Gasteiger partial charge in [0.15, 0.2) is 0 Å². The van der Waals surface area contributed by atoms with Crippen LogP contribution in [0.4, 0.5) is 0 Å². The summed E-state index contributed by atoms with van der Waals surface area (Å²) in [6.45, 7) is 7.86. The Morgan fingerprint density at radius 3 is 2.84 bits per heavy atom. The van der Waals surface area contributed by atoms with Gasteiger partial charge in [-0.3, -0.25) is 0 Å². The summed E-state index contributed by atoms with van der Waals surface area (Å²) < 4.78 is 5.79. The summed E-state index contributed by atoms with van der Waals surface area (Å²) >= 11 is 0. The van der Waals surface area contributed by atoms with Gasteiger partial charge in [-0.05, 0) is 50.9 Å². The fraction of sp³-hybridized carbons (Fsp3) is 0.529. The fourth-order valence-electron chi connectivity index (χ4n) is 2.03. The van der Waals surface area contributed by atoms with Crippen molar-refractivity contribution in [3.8, 4) is 17.6 Å². The maximum atomic E-state index is 5.79. The van der Waals surface area contributed by atoms with Crippen LogP contribution in [0.3, 0.4) is 0 Å². The largest absolute Gasteiger partial charge is 0.494 e. The normalized spacial score (nSPS) is 11.5. The van der Waals surface area contributed by atoms with Gasteiger partial charge < -0.3 is 10.1 Å². The summed E-state index contributed by atoms with van der Waals surface area (Å²) in [5, 5.41) is 3.49. The molecule has 0 heterocycles. The van der Waals surface area contributed by atoms with Crippen molar-refractivity contribution < 1.29 is 4.74 Å². The zero-order chi connectivity index (χ0) is 13.9. The molecule has 0 aromatic heterocycles. The maximum absolute atomic E-state index is 5.79. The third kappa shape index (κ3) is 6.88. The Morgan fingerprint density at radius 2 is 2.16 bits per heavy atom. The second-order valence-corrected chi connectivity index (χ2v) is 4.67. The number of benzene rings is 1. The predicted octanol–water partition coefficient (Wildman–Crippen LogP) is 3.55. The van der Waals surface area contributed by atoms with Gasteiger partial charge in [0.25, 0.3) is 0 Å². The van der Waals surface area contributed by atoms with Crippen LogP contribution in [0, 0.1) is 18.8 Å². The Balaban J connectivity index is 2.32. The van der Waals surface area contributed by atoms with Crippen LogP contribution in [0.5, 0.6) is 5.75 Å². The lowest BCUT2D eigenvalue weighted by Gasteiger charge is -2.17. The molecule has 1 unspecified atom stereocenters. The molecule has 1 atom stereocenters. The van der Waals surface area contributed by atoms with E-state index in [1.54, 1.807) is 0 Å². The number of ether oxygens (including phenoxy) is 1. The zero-order valence-corrected chi connectivity index (χ0v) is 12.3. The summed E-state index contributed by atoms with van der Waals surface area (Å²) in [6.07, 6.45) is 3.07. The van der Waals surface area contributed by atoms with Gasteiger partial charge in [0.05, 0.1) is 6.61 Å². The highest BCUT2D eigenvalue weighted by Crippen LogP contribution is 2.13. The summed E-state index contributed by atoms with van der Waals surface area (Å²) in [4.78, 5) is 0. The van der Waals surface area contributed by atoms with E-state index in [4.69, 9.17) is 4.74 Å². The van der Waals surface area contributed by atoms with Crippen molar-refractivity contribution in [2.75, 3.05) is 13.2 Å². The Bertz CT molecular complexity index is 417. The van der Waals surface area contributed by atoms with Gasteiger partial charge in [-0.1, -0.05) is 19.1 Å². The van der Waals surface area contributed by atoms with E-state index in [-0.39, 0.29) is 0 Å². The molecule has 2 heteroatoms. The Kier molecular flexibility index (Phi) is 7.77. The molecule has 0 radical (unpaired) electrons. The van der Waals surface area contributed by atoms with Gasteiger partial charge in [-0.2, -0.15) is 0 Å². The van der Waals surface area contributed by atoms with Gasteiger partial charge in [-0.25, -0.2) is 0 Å². The number of rotatable bonds is 8. The topological polar surface area (TPSA) is 21.3 Å². The highest BCUT2D eigenvalue weighted by atomic mass is 16.5. The molecule has 0 saturated heterocycles. The Labute approximate surface area is 117 Å². The second-order valence-electron chi connectivity index (χ2n) is 4.67. The SMILES string of the molecule is CC#CCCC(CCOc1cccc(C)c1)NCC. The quantitative estimate of drug-likeness (QED) is 0.721. The number of nitrogens with one attached hydrogen (secondary N) is 1. The van der Waals surface area contributed by atoms with Gasteiger partial charge >= 0.3 is 0 Å². The average Bonchev–Trinajstić information content (AvgIpc) is 2.39. The molecule has 19 heavy (non-hydrogen) atoms. The van der Waals surface area contributed by atoms with Gasteiger partial charge in [-0.15, -0.1) is 11.8 Å². The molecule has 0 aliphatic heterocycles. The van der Waals surface area contributed by atoms with Crippen LogP contribution in [0.15, 0.2) is 24.3 Å². The van der Waals surface area contributed by atoms with E-state index < -0.39 is 0 Å². The van der Waals surface area contributed by atoms with Crippen molar-refractivity contribution in [3.05, 3.63) is 29.8 Å². The first-order valence-electron chi connectivity index (χ1n) is 7.08. The molecule has 0 amide bonds. The molecule has 0 fully saturated rings. The predicted molar refractivity (Wildman–Crippen MR) is 81.4 cm³/mol. The molecule has 0 saturated carbocycles. The molecular formula is C17H25NO. The maximum Gasteiger partial charge on any atom is 0.119 e. The molecule has 104 valence electrons. The van der Waals surface area contributed by atoms with Crippen LogP contribution < -0.4 is 10.1 Å². The fourth-order valence-corrected chi connectivity index (χ4v) is 2.03. The Morgan fingerprint density at radius 1 is 1.32 bits per heavy atom. The minimum atomic E-state index is 0.496. The minimum Gasteiger partial charge on any atom is -0.494 e. The van der Waals surface area contributed by atoms with E-state index in [1.807, 2.05) is 19.1 Å². The first-order chi connectivity index (χ1) is 9.26. The first-order valence-corrected chi connectivity index (χ1v) is 7.08. The van der Waals surface area contributed by atoms with E-state index in [0.717, 1.165) is 38.2 Å². The molecule has 0 spiro atoms. The van der Waals surface area contributed by atoms with E-state index in [1.165, 1.54) is 5.56 Å². The summed E-state index contributed by atoms with van der Waals surface area (Å²) in [7, 11) is 0. The van der Waals surface area contributed by atoms with E-state index >= 15 is 0 Å². The van der Waals surface area contributed by atoms with Gasteiger partial charge in [0.2, 0.25) is 0 Å². The lowest BCUT2D eigenvalue weighted by molar-refractivity contribution is 0.282. The lowest BCUT2D eigenvalue weighted by atomic mass is 10.1. The standard InChI is InChI=1S/C17H25NO/c1-4-6-7-10-16(18-5-2)12-13-19-17-11-8-9-15(3)14-17/h8-9,11,14,16,18H,5,7,10,12-13H2,1-3H3. The van der Waals surface area contributed by atoms with Crippen LogP contribution in [-0.2, 0) is 0 Å². The first kappa shape index (κ1) is 15.6. The molecule has 1 N–H and O–H groups in total. The molecule has 1 aromatic rings. The highest BCUT2D eigenvalue weighted by Gasteiger charge is 2.06. The van der Waals surface area contributed by atoms with Crippen LogP contribution >= 0.6 is 0 Å². The van der Waals surface area contributed by atoms with Crippen LogP contribution in [0.2, 0.25) is 0 Å². The average molecular weight is 259 g/mol. The summed E-state index contributed by atoms with van der Waals surface area (Å²) in [5.41, 5.74) is 1.24. The number of hydrogen-bond acceptors (Lipinski definition) is 2. The van der Waals surface area contributed by atoms with Crippen molar-refractivity contribution in [1.29, 1.82) is 0 Å². The lowest BCUT2D eigenvalue weighted by Crippen LogP contribution is -2.30. The van der Waals surface area contributed by atoms with Crippen LogP contribution in [-0.4, -0.2) is 19.2 Å². The van der Waals surface area contributed by atoms with E-state index in [9.17, 15) is 0 Å². The van der Waals surface area contributed by atoms with Gasteiger partial charge in [0, 0.05) is 12.5 Å². The van der Waals surface area contributed by atoms with Crippen molar-refractivity contribution in [1.82, 2.24) is 5.32 Å². The van der Waals surface area contributed by atoms with E-state index in [2.05, 4.69) is 43.1 Å².